The van der Waals surface area contributed by atoms with Crippen LogP contribution in [0, 0.1) is 0 Å². The number of nitrogens with one attached hydrogen (secondary N) is 1. The highest BCUT2D eigenvalue weighted by molar-refractivity contribution is 7.14. The molecule has 0 aliphatic carbocycles. The zero-order chi connectivity index (χ0) is 28.4. The van der Waals surface area contributed by atoms with E-state index in [4.69, 9.17) is 37.8 Å². The van der Waals surface area contributed by atoms with Gasteiger partial charge in [0, 0.05) is 39.8 Å². The molecule has 0 atom stereocenters. The van der Waals surface area contributed by atoms with E-state index in [-0.39, 0.29) is 21.2 Å². The molecule has 0 bridgehead atoms. The van der Waals surface area contributed by atoms with Crippen LogP contribution in [-0.4, -0.2) is 35.7 Å². The molecule has 2 aromatic carbocycles. The zero-order valence-electron chi connectivity index (χ0n) is 22.2. The molecule has 0 aliphatic rings. The first kappa shape index (κ1) is 30.6. The van der Waals surface area contributed by atoms with E-state index in [1.165, 1.54) is 62.2 Å². The van der Waals surface area contributed by atoms with Gasteiger partial charge in [-0.3, -0.25) is 10.1 Å². The summed E-state index contributed by atoms with van der Waals surface area (Å²) >= 11 is 13.9. The molecule has 7 nitrogen and oxygen atoms in total. The average Bonchev–Trinajstić information content (AvgIpc) is 3.37. The molecule has 0 saturated carbocycles. The van der Waals surface area contributed by atoms with Gasteiger partial charge < -0.3 is 14.6 Å². The Kier molecular flexibility index (Phi) is 11.8. The minimum absolute atomic E-state index is 0.0692. The number of halogens is 2. The van der Waals surface area contributed by atoms with Crippen LogP contribution < -0.4 is 10.1 Å². The molecule has 1 heterocycles. The summed E-state index contributed by atoms with van der Waals surface area (Å²) < 4.78 is 11.6. The van der Waals surface area contributed by atoms with E-state index in [0.29, 0.717) is 35.4 Å². The molecule has 1 aromatic heterocycles. The maximum atomic E-state index is 12.9. The van der Waals surface area contributed by atoms with Crippen molar-refractivity contribution < 1.29 is 24.2 Å². The first-order chi connectivity index (χ1) is 18.7. The Hall–Kier alpha value is -2.91. The minimum atomic E-state index is -1.09. The monoisotopic (exact) mass is 590 g/mol. The van der Waals surface area contributed by atoms with Gasteiger partial charge in [-0.15, -0.1) is 11.3 Å². The second-order valence-electron chi connectivity index (χ2n) is 8.94. The summed E-state index contributed by atoms with van der Waals surface area (Å²) in [5.41, 5.74) is 3.01. The number of aliphatic carboxylic acids is 1. The zero-order valence-corrected chi connectivity index (χ0v) is 24.5. The summed E-state index contributed by atoms with van der Waals surface area (Å²) in [6, 6.07) is 8.70. The van der Waals surface area contributed by atoms with Crippen LogP contribution in [-0.2, 0) is 16.1 Å². The van der Waals surface area contributed by atoms with Gasteiger partial charge >= 0.3 is 5.97 Å². The van der Waals surface area contributed by atoms with Crippen LogP contribution in [0.2, 0.25) is 10.0 Å². The Morgan fingerprint density at radius 3 is 2.51 bits per heavy atom. The van der Waals surface area contributed by atoms with E-state index >= 15 is 0 Å². The van der Waals surface area contributed by atoms with Gasteiger partial charge in [0.1, 0.15) is 5.75 Å². The van der Waals surface area contributed by atoms with E-state index in [0.717, 1.165) is 17.5 Å². The second kappa shape index (κ2) is 15.0. The molecular weight excluding hydrogens is 559 g/mol. The number of amides is 1. The maximum absolute atomic E-state index is 12.9. The molecule has 0 saturated heterocycles. The summed E-state index contributed by atoms with van der Waals surface area (Å²) in [7, 11) is 1.62. The van der Waals surface area contributed by atoms with Gasteiger partial charge in [0.05, 0.1) is 29.5 Å². The van der Waals surface area contributed by atoms with Crippen LogP contribution in [0.4, 0.5) is 5.13 Å². The quantitative estimate of drug-likeness (QED) is 0.144. The molecular formula is C29H32Cl2N2O5S. The topological polar surface area (TPSA) is 97.8 Å². The number of rotatable bonds is 14. The number of carbonyl (C=O) groups is 2. The summed E-state index contributed by atoms with van der Waals surface area (Å²) in [6.45, 7) is 4.78. The molecule has 0 aliphatic heterocycles. The van der Waals surface area contributed by atoms with Gasteiger partial charge in [0.15, 0.2) is 5.13 Å². The third kappa shape index (κ3) is 8.54. The number of thiazole rings is 1. The van der Waals surface area contributed by atoms with Crippen LogP contribution in [0.5, 0.6) is 5.75 Å². The number of nitrogens with zero attached hydrogens (tertiary/aromatic N) is 1. The Balaban J connectivity index is 1.70. The molecule has 0 unspecified atom stereocenters. The predicted molar refractivity (Wildman–Crippen MR) is 158 cm³/mol. The van der Waals surface area contributed by atoms with Gasteiger partial charge in [0.2, 0.25) is 0 Å². The molecule has 3 rings (SSSR count). The number of benzene rings is 2. The fourth-order valence-corrected chi connectivity index (χ4v) is 5.19. The lowest BCUT2D eigenvalue weighted by molar-refractivity contribution is -0.132. The van der Waals surface area contributed by atoms with E-state index in [1.807, 2.05) is 23.6 Å². The molecule has 39 heavy (non-hydrogen) atoms. The average molecular weight is 592 g/mol. The van der Waals surface area contributed by atoms with Crippen LogP contribution in [0.3, 0.4) is 0 Å². The minimum Gasteiger partial charge on any atom is -0.496 e. The third-order valence-corrected chi connectivity index (χ3v) is 7.37. The number of carboxylic acid groups (broad SMARTS) is 1. The summed E-state index contributed by atoms with van der Waals surface area (Å²) in [4.78, 5) is 28.6. The Morgan fingerprint density at radius 2 is 1.85 bits per heavy atom. The van der Waals surface area contributed by atoms with Crippen molar-refractivity contribution in [1.29, 1.82) is 0 Å². The van der Waals surface area contributed by atoms with Crippen molar-refractivity contribution in [2.45, 2.75) is 52.6 Å². The lowest BCUT2D eigenvalue weighted by atomic mass is 10.1. The molecule has 3 aromatic rings. The number of anilines is 1. The molecule has 2 N–H and O–H groups in total. The standard InChI is InChI=1S/C29H32Cl2N2O5S/c1-4-5-6-7-8-12-38-16-19-10-9-11-21(26(19)37-3)25-17-39-29(32-25)33-27(34)20-14-23(30)22(24(31)15-20)13-18(2)28(35)36/h9-11,13-15,17H,4-8,12,16H2,1-3H3,(H,35,36)(H,32,33,34)/b18-13+. The predicted octanol–water partition coefficient (Wildman–Crippen LogP) is 8.35. The number of hydrogen-bond acceptors (Lipinski definition) is 6. The number of unbranched alkanes of at least 4 members (excludes halogenated alkanes) is 4. The highest BCUT2D eigenvalue weighted by Crippen LogP contribution is 2.36. The van der Waals surface area contributed by atoms with Gasteiger partial charge in [-0.1, -0.05) is 67.9 Å². The third-order valence-electron chi connectivity index (χ3n) is 5.99. The molecule has 0 spiro atoms. The number of ether oxygens (including phenoxy) is 2. The van der Waals surface area contributed by atoms with Crippen molar-refractivity contribution in [2.75, 3.05) is 19.0 Å². The van der Waals surface area contributed by atoms with Crippen LogP contribution in [0.1, 0.15) is 67.4 Å². The van der Waals surface area contributed by atoms with E-state index in [9.17, 15) is 9.59 Å². The van der Waals surface area contributed by atoms with Crippen LogP contribution >= 0.6 is 34.5 Å². The van der Waals surface area contributed by atoms with E-state index in [2.05, 4.69) is 17.2 Å². The van der Waals surface area contributed by atoms with Crippen LogP contribution in [0.15, 0.2) is 41.3 Å². The summed E-state index contributed by atoms with van der Waals surface area (Å²) in [5.74, 6) is -0.847. The molecule has 208 valence electrons. The van der Waals surface area contributed by atoms with Crippen molar-refractivity contribution in [3.05, 3.63) is 68.0 Å². The van der Waals surface area contributed by atoms with Gasteiger partial charge in [0.25, 0.3) is 5.91 Å². The number of para-hydroxylation sites is 1. The van der Waals surface area contributed by atoms with Crippen molar-refractivity contribution >= 4 is 57.6 Å². The maximum Gasteiger partial charge on any atom is 0.331 e. The van der Waals surface area contributed by atoms with Crippen molar-refractivity contribution in [2.24, 2.45) is 0 Å². The molecule has 0 fully saturated rings. The molecule has 0 radical (unpaired) electrons. The highest BCUT2D eigenvalue weighted by atomic mass is 35.5. The van der Waals surface area contributed by atoms with Gasteiger partial charge in [-0.2, -0.15) is 0 Å². The van der Waals surface area contributed by atoms with E-state index in [1.54, 1.807) is 7.11 Å². The highest BCUT2D eigenvalue weighted by Gasteiger charge is 2.17. The van der Waals surface area contributed by atoms with Crippen LogP contribution in [0.25, 0.3) is 17.3 Å². The fraction of sp³-hybridized carbons (Fsp3) is 0.345. The fourth-order valence-electron chi connectivity index (χ4n) is 3.89. The van der Waals surface area contributed by atoms with Gasteiger partial charge in [-0.05, 0) is 37.6 Å². The van der Waals surface area contributed by atoms with Gasteiger partial charge in [-0.25, -0.2) is 9.78 Å². The Labute approximate surface area is 242 Å². The van der Waals surface area contributed by atoms with Crippen molar-refractivity contribution in [3.8, 4) is 17.0 Å². The first-order valence-electron chi connectivity index (χ1n) is 12.7. The summed E-state index contributed by atoms with van der Waals surface area (Å²) in [5, 5.41) is 14.4. The molecule has 10 heteroatoms. The second-order valence-corrected chi connectivity index (χ2v) is 10.6. The number of hydrogen-bond donors (Lipinski definition) is 2. The lowest BCUT2D eigenvalue weighted by Gasteiger charge is -2.13. The number of carbonyl (C=O) groups excluding carboxylic acids is 1. The lowest BCUT2D eigenvalue weighted by Crippen LogP contribution is -2.12. The van der Waals surface area contributed by atoms with Crippen molar-refractivity contribution in [1.82, 2.24) is 4.98 Å². The smallest absolute Gasteiger partial charge is 0.331 e. The van der Waals surface area contributed by atoms with Crippen molar-refractivity contribution in [3.63, 3.8) is 0 Å². The Bertz CT molecular complexity index is 1320. The first-order valence-corrected chi connectivity index (χ1v) is 14.3. The van der Waals surface area contributed by atoms with E-state index < -0.39 is 11.9 Å². The number of aromatic nitrogens is 1. The molecule has 1 amide bonds. The largest absolute Gasteiger partial charge is 0.496 e. The summed E-state index contributed by atoms with van der Waals surface area (Å²) in [6.07, 6.45) is 7.28. The SMILES string of the molecule is CCCCCCCOCc1cccc(-c2csc(NC(=O)c3cc(Cl)c(/C=C(\C)C(=O)O)c(Cl)c3)n2)c1OC. The Morgan fingerprint density at radius 1 is 1.13 bits per heavy atom. The number of carboxylic acids is 1. The number of methoxy groups -OCH3 is 1. The normalized spacial score (nSPS) is 11.5.